The second kappa shape index (κ2) is 4.27. The molecule has 2 heterocycles. The van der Waals surface area contributed by atoms with Gasteiger partial charge in [-0.05, 0) is 17.7 Å². The largest absolute Gasteiger partial charge is 0.497 e. The van der Waals surface area contributed by atoms with E-state index in [2.05, 4.69) is 15.3 Å². The Bertz CT molecular complexity index is 691. The molecule has 18 heavy (non-hydrogen) atoms. The molecule has 2 aromatic heterocycles. The van der Waals surface area contributed by atoms with Crippen LogP contribution in [0.15, 0.2) is 36.0 Å². The number of nitrogen functional groups attached to an aromatic ring is 1. The number of rotatable bonds is 2. The normalized spacial score (nSPS) is 10.7. The van der Waals surface area contributed by atoms with Gasteiger partial charge in [-0.15, -0.1) is 11.3 Å². The quantitative estimate of drug-likeness (QED) is 0.766. The van der Waals surface area contributed by atoms with Crippen LogP contribution in [0.2, 0.25) is 0 Å². The van der Waals surface area contributed by atoms with E-state index in [1.165, 1.54) is 6.33 Å². The van der Waals surface area contributed by atoms with Crippen molar-refractivity contribution < 1.29 is 4.74 Å². The molecule has 0 fully saturated rings. The maximum Gasteiger partial charge on any atom is 0.136 e. The third-order valence-corrected chi connectivity index (χ3v) is 3.69. The second-order valence-electron chi connectivity index (χ2n) is 3.82. The number of nitrogens with two attached hydrogens (primary N) is 1. The summed E-state index contributed by atoms with van der Waals surface area (Å²) in [4.78, 5) is 9.18. The minimum absolute atomic E-state index is 0.520. The molecule has 1 aromatic carbocycles. The first kappa shape index (κ1) is 11.0. The Balaban J connectivity index is 2.18. The maximum atomic E-state index is 5.93. The molecule has 0 radical (unpaired) electrons. The van der Waals surface area contributed by atoms with Crippen LogP contribution in [0.1, 0.15) is 0 Å². The number of thiophene rings is 1. The number of hydrogen-bond donors (Lipinski definition) is 1. The summed E-state index contributed by atoms with van der Waals surface area (Å²) in [6.07, 6.45) is 1.49. The van der Waals surface area contributed by atoms with E-state index in [0.29, 0.717) is 5.82 Å². The van der Waals surface area contributed by atoms with Gasteiger partial charge < -0.3 is 10.5 Å². The van der Waals surface area contributed by atoms with Crippen molar-refractivity contribution in [2.75, 3.05) is 12.8 Å². The van der Waals surface area contributed by atoms with Crippen LogP contribution in [0.5, 0.6) is 5.75 Å². The van der Waals surface area contributed by atoms with Crippen LogP contribution in [0.4, 0.5) is 5.82 Å². The lowest BCUT2D eigenvalue weighted by Crippen LogP contribution is -1.91. The monoisotopic (exact) mass is 257 g/mol. The Hall–Kier alpha value is -2.14. The fourth-order valence-corrected chi connectivity index (χ4v) is 2.81. The minimum Gasteiger partial charge on any atom is -0.497 e. The topological polar surface area (TPSA) is 61.0 Å². The number of fused-ring (bicyclic) bond motifs is 1. The molecule has 2 N–H and O–H groups in total. The van der Waals surface area contributed by atoms with Gasteiger partial charge in [-0.3, -0.25) is 0 Å². The molecule has 5 heteroatoms. The van der Waals surface area contributed by atoms with Crippen LogP contribution in [0.3, 0.4) is 0 Å². The summed E-state index contributed by atoms with van der Waals surface area (Å²) < 4.78 is 5.15. The zero-order chi connectivity index (χ0) is 12.5. The number of anilines is 1. The molecule has 0 aliphatic carbocycles. The van der Waals surface area contributed by atoms with Gasteiger partial charge in [-0.1, -0.05) is 12.1 Å². The molecule has 0 amide bonds. The van der Waals surface area contributed by atoms with E-state index >= 15 is 0 Å². The fraction of sp³-hybridized carbons (Fsp3) is 0.0769. The van der Waals surface area contributed by atoms with Crippen molar-refractivity contribution in [3.8, 4) is 16.9 Å². The Labute approximate surface area is 108 Å². The fourth-order valence-electron chi connectivity index (χ4n) is 1.88. The molecule has 90 valence electrons. The number of nitrogens with zero attached hydrogens (tertiary/aromatic N) is 2. The van der Waals surface area contributed by atoms with E-state index < -0.39 is 0 Å². The van der Waals surface area contributed by atoms with Gasteiger partial charge in [0.15, 0.2) is 0 Å². The van der Waals surface area contributed by atoms with Crippen LogP contribution in [0.25, 0.3) is 21.3 Å². The van der Waals surface area contributed by atoms with Crippen molar-refractivity contribution in [1.29, 1.82) is 0 Å². The lowest BCUT2D eigenvalue weighted by molar-refractivity contribution is 0.415. The first-order valence-corrected chi connectivity index (χ1v) is 6.29. The first-order valence-electron chi connectivity index (χ1n) is 5.41. The van der Waals surface area contributed by atoms with Gasteiger partial charge in [-0.2, -0.15) is 0 Å². The number of aromatic nitrogens is 2. The minimum atomic E-state index is 0.520. The van der Waals surface area contributed by atoms with E-state index in [1.54, 1.807) is 18.4 Å². The molecular weight excluding hydrogens is 246 g/mol. The Morgan fingerprint density at radius 1 is 1.17 bits per heavy atom. The average Bonchev–Trinajstić information content (AvgIpc) is 2.84. The molecule has 4 nitrogen and oxygen atoms in total. The molecule has 0 aliphatic rings. The van der Waals surface area contributed by atoms with Crippen LogP contribution in [-0.2, 0) is 0 Å². The number of methoxy groups -OCH3 is 1. The summed E-state index contributed by atoms with van der Waals surface area (Å²) in [6.45, 7) is 0. The molecule has 0 atom stereocenters. The van der Waals surface area contributed by atoms with E-state index in [-0.39, 0.29) is 0 Å². The van der Waals surface area contributed by atoms with Crippen LogP contribution >= 0.6 is 11.3 Å². The molecule has 3 rings (SSSR count). The van der Waals surface area contributed by atoms with Gasteiger partial charge >= 0.3 is 0 Å². The smallest absolute Gasteiger partial charge is 0.136 e. The average molecular weight is 257 g/mol. The molecule has 0 saturated heterocycles. The highest BCUT2D eigenvalue weighted by molar-refractivity contribution is 7.17. The zero-order valence-electron chi connectivity index (χ0n) is 9.75. The van der Waals surface area contributed by atoms with Gasteiger partial charge in [0.05, 0.1) is 12.5 Å². The summed E-state index contributed by atoms with van der Waals surface area (Å²) in [6, 6.07) is 7.87. The highest BCUT2D eigenvalue weighted by atomic mass is 32.1. The van der Waals surface area contributed by atoms with Gasteiger partial charge in [0, 0.05) is 10.9 Å². The van der Waals surface area contributed by atoms with Gasteiger partial charge in [0.1, 0.15) is 22.7 Å². The summed E-state index contributed by atoms with van der Waals surface area (Å²) >= 11 is 1.57. The Morgan fingerprint density at radius 2 is 1.94 bits per heavy atom. The molecule has 0 spiro atoms. The summed E-state index contributed by atoms with van der Waals surface area (Å²) in [7, 11) is 1.65. The summed E-state index contributed by atoms with van der Waals surface area (Å²) in [5.74, 6) is 1.36. The standard InChI is InChI=1S/C13H11N3OS/c1-17-9-4-2-8(3-5-9)10-6-18-13-11(10)12(14)15-7-16-13/h2-7H,1H3,(H2,14,15,16). The molecule has 0 saturated carbocycles. The van der Waals surface area contributed by atoms with Crippen molar-refractivity contribution in [2.45, 2.75) is 0 Å². The zero-order valence-corrected chi connectivity index (χ0v) is 10.6. The van der Waals surface area contributed by atoms with E-state index in [9.17, 15) is 0 Å². The summed E-state index contributed by atoms with van der Waals surface area (Å²) in [5, 5.41) is 2.98. The highest BCUT2D eigenvalue weighted by Gasteiger charge is 2.10. The lowest BCUT2D eigenvalue weighted by atomic mass is 10.1. The Morgan fingerprint density at radius 3 is 2.67 bits per heavy atom. The number of benzene rings is 1. The Kier molecular flexibility index (Phi) is 2.60. The third-order valence-electron chi connectivity index (χ3n) is 2.80. The number of ether oxygens (including phenoxy) is 1. The van der Waals surface area contributed by atoms with Crippen molar-refractivity contribution in [3.05, 3.63) is 36.0 Å². The van der Waals surface area contributed by atoms with E-state index in [0.717, 1.165) is 27.1 Å². The van der Waals surface area contributed by atoms with Crippen LogP contribution < -0.4 is 10.5 Å². The van der Waals surface area contributed by atoms with Crippen LogP contribution in [0, 0.1) is 0 Å². The maximum absolute atomic E-state index is 5.93. The SMILES string of the molecule is COc1ccc(-c2csc3ncnc(N)c23)cc1. The van der Waals surface area contributed by atoms with Crippen molar-refractivity contribution in [1.82, 2.24) is 9.97 Å². The molecule has 0 aliphatic heterocycles. The van der Waals surface area contributed by atoms with Gasteiger partial charge in [-0.25, -0.2) is 9.97 Å². The molecule has 0 unspecified atom stereocenters. The molecule has 0 bridgehead atoms. The van der Waals surface area contributed by atoms with Gasteiger partial charge in [0.2, 0.25) is 0 Å². The van der Waals surface area contributed by atoms with E-state index in [4.69, 9.17) is 10.5 Å². The predicted octanol–water partition coefficient (Wildman–Crippen LogP) is 2.95. The molecular formula is C13H11N3OS. The van der Waals surface area contributed by atoms with E-state index in [1.807, 2.05) is 24.3 Å². The number of hydrogen-bond acceptors (Lipinski definition) is 5. The highest BCUT2D eigenvalue weighted by Crippen LogP contribution is 2.35. The van der Waals surface area contributed by atoms with Crippen molar-refractivity contribution in [3.63, 3.8) is 0 Å². The molecule has 3 aromatic rings. The van der Waals surface area contributed by atoms with Crippen molar-refractivity contribution >= 4 is 27.4 Å². The summed E-state index contributed by atoms with van der Waals surface area (Å²) in [5.41, 5.74) is 8.08. The predicted molar refractivity (Wildman–Crippen MR) is 73.8 cm³/mol. The first-order chi connectivity index (χ1) is 8.79. The van der Waals surface area contributed by atoms with Crippen molar-refractivity contribution in [2.24, 2.45) is 0 Å². The third kappa shape index (κ3) is 1.69. The lowest BCUT2D eigenvalue weighted by Gasteiger charge is -2.03. The van der Waals surface area contributed by atoms with Crippen LogP contribution in [-0.4, -0.2) is 17.1 Å². The van der Waals surface area contributed by atoms with Gasteiger partial charge in [0.25, 0.3) is 0 Å². The second-order valence-corrected chi connectivity index (χ2v) is 4.68.